The molecule has 0 bridgehead atoms. The lowest BCUT2D eigenvalue weighted by Gasteiger charge is -2.07. The van der Waals surface area contributed by atoms with Crippen LogP contribution in [0, 0.1) is 13.8 Å². The summed E-state index contributed by atoms with van der Waals surface area (Å²) in [5.41, 5.74) is 3.46. The molecule has 0 radical (unpaired) electrons. The minimum absolute atomic E-state index is 0.231. The van der Waals surface area contributed by atoms with Crippen LogP contribution in [0.1, 0.15) is 16.7 Å². The summed E-state index contributed by atoms with van der Waals surface area (Å²) in [5.74, 6) is -0.844. The van der Waals surface area contributed by atoms with E-state index in [1.54, 1.807) is 18.2 Å². The fourth-order valence-electron chi connectivity index (χ4n) is 2.21. The molecule has 0 spiro atoms. The fraction of sp³-hybridized carbons (Fsp3) is 0.211. The summed E-state index contributed by atoms with van der Waals surface area (Å²) in [6, 6.07) is 10.7. The van der Waals surface area contributed by atoms with Crippen LogP contribution in [0.5, 0.6) is 0 Å². The lowest BCUT2D eigenvalue weighted by atomic mass is 10.1. The van der Waals surface area contributed by atoms with Crippen molar-refractivity contribution in [3.63, 3.8) is 0 Å². The maximum absolute atomic E-state index is 11.8. The molecule has 2 amide bonds. The Balaban J connectivity index is 1.72. The predicted octanol–water partition coefficient (Wildman–Crippen LogP) is 3.87. The van der Waals surface area contributed by atoms with Gasteiger partial charge in [-0.25, -0.2) is 0 Å². The van der Waals surface area contributed by atoms with Crippen LogP contribution in [0.4, 0.5) is 5.69 Å². The van der Waals surface area contributed by atoms with Crippen molar-refractivity contribution in [2.75, 3.05) is 11.9 Å². The van der Waals surface area contributed by atoms with Gasteiger partial charge in [-0.2, -0.15) is 0 Å². The molecule has 2 aromatic rings. The molecule has 0 aliphatic carbocycles. The average Bonchev–Trinajstić information content (AvgIpc) is 2.60. The number of nitrogens with zero attached hydrogens (tertiary/aromatic N) is 1. The number of amides is 2. The number of hydrogen-bond donors (Lipinski definition) is 2. The molecular weight excluding hydrogens is 389 g/mol. The molecule has 0 heterocycles. The SMILES string of the molecule is Cc1ccc(NC(=O)/C=N\OCC(=O)NCc2ccc(Cl)cc2Cl)c(C)c1. The van der Waals surface area contributed by atoms with Crippen LogP contribution in [0.3, 0.4) is 0 Å². The zero-order valence-electron chi connectivity index (χ0n) is 14.9. The van der Waals surface area contributed by atoms with Gasteiger partial charge in [0, 0.05) is 22.3 Å². The molecule has 0 fully saturated rings. The maximum atomic E-state index is 11.8. The molecule has 8 heteroatoms. The maximum Gasteiger partial charge on any atom is 0.270 e. The molecule has 0 saturated heterocycles. The second kappa shape index (κ2) is 9.94. The smallest absolute Gasteiger partial charge is 0.270 e. The number of oxime groups is 1. The summed E-state index contributed by atoms with van der Waals surface area (Å²) in [7, 11) is 0. The molecule has 27 heavy (non-hydrogen) atoms. The van der Waals surface area contributed by atoms with Crippen molar-refractivity contribution in [3.8, 4) is 0 Å². The van der Waals surface area contributed by atoms with Gasteiger partial charge in [0.25, 0.3) is 11.8 Å². The first-order chi connectivity index (χ1) is 12.8. The Morgan fingerprint density at radius 2 is 1.93 bits per heavy atom. The Labute approximate surface area is 167 Å². The van der Waals surface area contributed by atoms with E-state index in [9.17, 15) is 9.59 Å². The van der Waals surface area contributed by atoms with Gasteiger partial charge in [0.05, 0.1) is 0 Å². The highest BCUT2D eigenvalue weighted by Crippen LogP contribution is 2.20. The first kappa shape index (κ1) is 20.7. The van der Waals surface area contributed by atoms with E-state index >= 15 is 0 Å². The summed E-state index contributed by atoms with van der Waals surface area (Å²) >= 11 is 11.8. The van der Waals surface area contributed by atoms with E-state index in [4.69, 9.17) is 28.0 Å². The van der Waals surface area contributed by atoms with Crippen LogP contribution in [-0.4, -0.2) is 24.6 Å². The molecular formula is C19H19Cl2N3O3. The van der Waals surface area contributed by atoms with Crippen LogP contribution < -0.4 is 10.6 Å². The number of aryl methyl sites for hydroxylation is 2. The van der Waals surface area contributed by atoms with Gasteiger partial charge in [-0.3, -0.25) is 9.59 Å². The number of benzene rings is 2. The molecule has 142 valence electrons. The molecule has 2 rings (SSSR count). The van der Waals surface area contributed by atoms with Crippen LogP contribution in [0.15, 0.2) is 41.6 Å². The third kappa shape index (κ3) is 6.92. The number of nitrogens with one attached hydrogen (secondary N) is 2. The number of halogens is 2. The van der Waals surface area contributed by atoms with Gasteiger partial charge < -0.3 is 15.5 Å². The molecule has 0 aliphatic heterocycles. The second-order valence-corrected chi connectivity index (χ2v) is 6.67. The van der Waals surface area contributed by atoms with E-state index in [-0.39, 0.29) is 13.2 Å². The number of hydrogen-bond acceptors (Lipinski definition) is 4. The predicted molar refractivity (Wildman–Crippen MR) is 107 cm³/mol. The standard InChI is InChI=1S/C19H19Cl2N3O3/c1-12-3-6-17(13(2)7-12)24-18(25)10-23-27-11-19(26)22-9-14-4-5-15(20)8-16(14)21/h3-8,10H,9,11H2,1-2H3,(H,22,26)(H,24,25)/b23-10-. The Morgan fingerprint density at radius 1 is 1.15 bits per heavy atom. The molecule has 6 nitrogen and oxygen atoms in total. The van der Waals surface area contributed by atoms with E-state index in [1.807, 2.05) is 32.0 Å². The second-order valence-electron chi connectivity index (χ2n) is 5.83. The monoisotopic (exact) mass is 407 g/mol. The van der Waals surface area contributed by atoms with Crippen molar-refractivity contribution in [1.29, 1.82) is 0 Å². The summed E-state index contributed by atoms with van der Waals surface area (Å²) in [6.45, 7) is 3.78. The van der Waals surface area contributed by atoms with Crippen LogP contribution in [-0.2, 0) is 21.0 Å². The van der Waals surface area contributed by atoms with Crippen molar-refractivity contribution in [2.45, 2.75) is 20.4 Å². The minimum atomic E-state index is -0.449. The molecule has 0 atom stereocenters. The lowest BCUT2D eigenvalue weighted by molar-refractivity contribution is -0.126. The van der Waals surface area contributed by atoms with E-state index in [1.165, 1.54) is 0 Å². The molecule has 2 N–H and O–H groups in total. The normalized spacial score (nSPS) is 10.7. The summed E-state index contributed by atoms with van der Waals surface area (Å²) in [4.78, 5) is 28.4. The Hall–Kier alpha value is -2.57. The van der Waals surface area contributed by atoms with E-state index in [0.29, 0.717) is 15.7 Å². The van der Waals surface area contributed by atoms with Crippen molar-refractivity contribution in [3.05, 3.63) is 63.1 Å². The van der Waals surface area contributed by atoms with Gasteiger partial charge in [0.1, 0.15) is 6.21 Å². The summed E-state index contributed by atoms with van der Waals surface area (Å²) in [6.07, 6.45) is 0.975. The molecule has 0 aromatic heterocycles. The highest BCUT2D eigenvalue weighted by Gasteiger charge is 2.06. The number of carbonyl (C=O) groups excluding carboxylic acids is 2. The molecule has 0 aliphatic rings. The quantitative estimate of drug-likeness (QED) is 0.539. The van der Waals surface area contributed by atoms with Crippen LogP contribution in [0.25, 0.3) is 0 Å². The number of anilines is 1. The van der Waals surface area contributed by atoms with Gasteiger partial charge in [0.15, 0.2) is 6.61 Å². The average molecular weight is 408 g/mol. The van der Waals surface area contributed by atoms with E-state index in [0.717, 1.165) is 22.9 Å². The van der Waals surface area contributed by atoms with Crippen molar-refractivity contribution in [2.24, 2.45) is 5.16 Å². The zero-order valence-corrected chi connectivity index (χ0v) is 16.4. The fourth-order valence-corrected chi connectivity index (χ4v) is 2.69. The van der Waals surface area contributed by atoms with Gasteiger partial charge in [0.2, 0.25) is 0 Å². The topological polar surface area (TPSA) is 79.8 Å². The van der Waals surface area contributed by atoms with Crippen LogP contribution in [0.2, 0.25) is 10.0 Å². The highest BCUT2D eigenvalue weighted by molar-refractivity contribution is 6.35. The van der Waals surface area contributed by atoms with Crippen molar-refractivity contribution >= 4 is 46.9 Å². The first-order valence-electron chi connectivity index (χ1n) is 8.09. The van der Waals surface area contributed by atoms with Crippen molar-refractivity contribution < 1.29 is 14.4 Å². The third-order valence-electron chi connectivity index (χ3n) is 3.57. The largest absolute Gasteiger partial charge is 0.386 e. The first-order valence-corrected chi connectivity index (χ1v) is 8.85. The number of carbonyl (C=O) groups is 2. The Morgan fingerprint density at radius 3 is 2.63 bits per heavy atom. The molecule has 0 saturated carbocycles. The Bertz CT molecular complexity index is 869. The molecule has 2 aromatic carbocycles. The van der Waals surface area contributed by atoms with Crippen molar-refractivity contribution in [1.82, 2.24) is 5.32 Å². The summed E-state index contributed by atoms with van der Waals surface area (Å²) in [5, 5.41) is 9.80. The summed E-state index contributed by atoms with van der Waals surface area (Å²) < 4.78 is 0. The highest BCUT2D eigenvalue weighted by atomic mass is 35.5. The number of rotatable bonds is 7. The van der Waals surface area contributed by atoms with Gasteiger partial charge in [-0.1, -0.05) is 52.1 Å². The minimum Gasteiger partial charge on any atom is -0.386 e. The van der Waals surface area contributed by atoms with Gasteiger partial charge in [-0.15, -0.1) is 0 Å². The molecule has 0 unspecified atom stereocenters. The van der Waals surface area contributed by atoms with Crippen LogP contribution >= 0.6 is 23.2 Å². The van der Waals surface area contributed by atoms with E-state index in [2.05, 4.69) is 15.8 Å². The third-order valence-corrected chi connectivity index (χ3v) is 4.16. The zero-order chi connectivity index (χ0) is 19.8. The van der Waals surface area contributed by atoms with E-state index < -0.39 is 11.8 Å². The van der Waals surface area contributed by atoms with Gasteiger partial charge >= 0.3 is 0 Å². The van der Waals surface area contributed by atoms with Gasteiger partial charge in [-0.05, 0) is 43.2 Å². The lowest BCUT2D eigenvalue weighted by Crippen LogP contribution is -2.26. The Kier molecular flexibility index (Phi) is 7.64.